The first-order valence-corrected chi connectivity index (χ1v) is 9.59. The van der Waals surface area contributed by atoms with Gasteiger partial charge in [-0.3, -0.25) is 9.59 Å². The Balaban J connectivity index is 1.93. The third-order valence-electron chi connectivity index (χ3n) is 4.79. The number of thioether (sulfide) groups is 1. The summed E-state index contributed by atoms with van der Waals surface area (Å²) in [6.07, 6.45) is 3.11. The van der Waals surface area contributed by atoms with Crippen molar-refractivity contribution >= 4 is 23.4 Å². The molecule has 1 aliphatic heterocycles. The molecule has 2 heterocycles. The van der Waals surface area contributed by atoms with Crippen LogP contribution in [-0.2, 0) is 4.79 Å². The molecule has 1 aromatic heterocycles. The van der Waals surface area contributed by atoms with E-state index in [0.29, 0.717) is 29.4 Å². The topological polar surface area (TPSA) is 74.8 Å². The Hall–Kier alpha value is -2.41. The van der Waals surface area contributed by atoms with Crippen molar-refractivity contribution in [2.45, 2.75) is 30.8 Å². The van der Waals surface area contributed by atoms with Crippen molar-refractivity contribution in [3.8, 4) is 0 Å². The van der Waals surface area contributed by atoms with Gasteiger partial charge >= 0.3 is 0 Å². The Morgan fingerprint density at radius 1 is 1.23 bits per heavy atom. The Bertz CT molecular complexity index is 952. The molecular formula is C19H18FN3O2S. The van der Waals surface area contributed by atoms with E-state index in [1.165, 1.54) is 23.9 Å². The van der Waals surface area contributed by atoms with Crippen LogP contribution in [0.5, 0.6) is 0 Å². The average molecular weight is 371 g/mol. The van der Waals surface area contributed by atoms with Crippen LogP contribution in [0.15, 0.2) is 46.0 Å². The lowest BCUT2D eigenvalue weighted by Gasteiger charge is -2.36. The molecule has 2 aliphatic rings. The van der Waals surface area contributed by atoms with Gasteiger partial charge in [-0.1, -0.05) is 36.9 Å². The molecule has 134 valence electrons. The molecule has 26 heavy (non-hydrogen) atoms. The quantitative estimate of drug-likeness (QED) is 0.639. The number of nitrogens with one attached hydrogen (secondary N) is 2. The molecule has 4 rings (SSSR count). The zero-order chi connectivity index (χ0) is 18.3. The summed E-state index contributed by atoms with van der Waals surface area (Å²) in [7, 11) is 0. The maximum atomic E-state index is 13.4. The van der Waals surface area contributed by atoms with Gasteiger partial charge in [0.05, 0.1) is 11.5 Å². The SMILES string of the molecule is CCSc1nc2c(c(=O)[nH]1)[C@@H](c1ccc(F)cc1)[C@@H]1C(=O)CCC=C1N2. The van der Waals surface area contributed by atoms with Gasteiger partial charge in [0, 0.05) is 18.0 Å². The lowest BCUT2D eigenvalue weighted by molar-refractivity contribution is -0.122. The molecule has 0 bridgehead atoms. The van der Waals surface area contributed by atoms with E-state index in [1.54, 1.807) is 12.1 Å². The molecule has 7 heteroatoms. The fraction of sp³-hybridized carbons (Fsp3) is 0.316. The van der Waals surface area contributed by atoms with Crippen molar-refractivity contribution in [1.29, 1.82) is 0 Å². The number of carbonyl (C=O) groups excluding carboxylic acids is 1. The molecule has 5 nitrogen and oxygen atoms in total. The van der Waals surface area contributed by atoms with E-state index in [4.69, 9.17) is 0 Å². The van der Waals surface area contributed by atoms with Crippen molar-refractivity contribution in [1.82, 2.24) is 9.97 Å². The van der Waals surface area contributed by atoms with E-state index in [9.17, 15) is 14.0 Å². The van der Waals surface area contributed by atoms with Gasteiger partial charge in [0.2, 0.25) is 0 Å². The zero-order valence-electron chi connectivity index (χ0n) is 14.2. The summed E-state index contributed by atoms with van der Waals surface area (Å²) in [5.74, 6) is 0.0671. The van der Waals surface area contributed by atoms with Gasteiger partial charge in [0.25, 0.3) is 5.56 Å². The fourth-order valence-electron chi connectivity index (χ4n) is 3.70. The molecule has 0 fully saturated rings. The number of H-pyrrole nitrogens is 1. The van der Waals surface area contributed by atoms with Gasteiger partial charge < -0.3 is 10.3 Å². The highest BCUT2D eigenvalue weighted by molar-refractivity contribution is 7.99. The standard InChI is InChI=1S/C19H18FN3O2S/c1-2-26-19-22-17-16(18(25)23-19)14(10-6-8-11(20)9-7-10)15-12(21-17)4-3-5-13(15)24/h4,6-9,14-15H,2-3,5H2,1H3,(H2,21,22,23,25)/t14-,15-/m0/s1. The molecular weight excluding hydrogens is 353 g/mol. The second-order valence-corrected chi connectivity index (χ2v) is 7.62. The van der Waals surface area contributed by atoms with Crippen LogP contribution in [0.2, 0.25) is 0 Å². The van der Waals surface area contributed by atoms with Crippen molar-refractivity contribution in [2.24, 2.45) is 5.92 Å². The second-order valence-electron chi connectivity index (χ2n) is 6.36. The van der Waals surface area contributed by atoms with Crippen LogP contribution in [0.4, 0.5) is 10.2 Å². The predicted octanol–water partition coefficient (Wildman–Crippen LogP) is 3.44. The smallest absolute Gasteiger partial charge is 0.257 e. The van der Waals surface area contributed by atoms with Crippen LogP contribution in [0.3, 0.4) is 0 Å². The predicted molar refractivity (Wildman–Crippen MR) is 98.9 cm³/mol. The second kappa shape index (κ2) is 6.72. The fourth-order valence-corrected chi connectivity index (χ4v) is 4.30. The molecule has 0 saturated heterocycles. The minimum atomic E-state index is -0.470. The number of fused-ring (bicyclic) bond motifs is 2. The number of ketones is 1. The number of allylic oxidation sites excluding steroid dienone is 2. The number of rotatable bonds is 3. The van der Waals surface area contributed by atoms with Crippen molar-refractivity contribution in [3.63, 3.8) is 0 Å². The van der Waals surface area contributed by atoms with E-state index in [-0.39, 0.29) is 17.2 Å². The molecule has 1 aromatic carbocycles. The van der Waals surface area contributed by atoms with E-state index >= 15 is 0 Å². The molecule has 0 radical (unpaired) electrons. The first-order valence-electron chi connectivity index (χ1n) is 8.60. The Labute approximate surface area is 154 Å². The zero-order valence-corrected chi connectivity index (χ0v) is 15.0. The normalized spacial score (nSPS) is 21.5. The largest absolute Gasteiger partial charge is 0.343 e. The summed E-state index contributed by atoms with van der Waals surface area (Å²) in [4.78, 5) is 32.9. The van der Waals surface area contributed by atoms with Crippen molar-refractivity contribution in [3.05, 3.63) is 63.3 Å². The van der Waals surface area contributed by atoms with E-state index in [2.05, 4.69) is 15.3 Å². The van der Waals surface area contributed by atoms with Crippen LogP contribution >= 0.6 is 11.8 Å². The van der Waals surface area contributed by atoms with Gasteiger partial charge in [0.1, 0.15) is 17.4 Å². The highest BCUT2D eigenvalue weighted by Gasteiger charge is 2.42. The van der Waals surface area contributed by atoms with Crippen molar-refractivity contribution < 1.29 is 9.18 Å². The molecule has 0 unspecified atom stereocenters. The Morgan fingerprint density at radius 2 is 2.00 bits per heavy atom. The summed E-state index contributed by atoms with van der Waals surface area (Å²) in [5, 5.41) is 3.75. The number of aromatic amines is 1. The third kappa shape index (κ3) is 2.86. The number of halogens is 1. The maximum absolute atomic E-state index is 13.4. The number of carbonyl (C=O) groups is 1. The number of benzene rings is 1. The van der Waals surface area contributed by atoms with Gasteiger partial charge in [-0.15, -0.1) is 0 Å². The van der Waals surface area contributed by atoms with Gasteiger partial charge in [-0.2, -0.15) is 0 Å². The Kier molecular flexibility index (Phi) is 4.40. The number of nitrogens with zero attached hydrogens (tertiary/aromatic N) is 1. The molecule has 0 saturated carbocycles. The lowest BCUT2D eigenvalue weighted by atomic mass is 9.72. The molecule has 0 spiro atoms. The van der Waals surface area contributed by atoms with E-state index < -0.39 is 11.8 Å². The average Bonchev–Trinajstić information content (AvgIpc) is 2.61. The number of aromatic nitrogens is 2. The number of anilines is 1. The van der Waals surface area contributed by atoms with Gasteiger partial charge in [-0.25, -0.2) is 9.37 Å². The number of hydrogen-bond donors (Lipinski definition) is 2. The highest BCUT2D eigenvalue weighted by atomic mass is 32.2. The summed E-state index contributed by atoms with van der Waals surface area (Å²) in [6.45, 7) is 1.98. The van der Waals surface area contributed by atoms with Crippen LogP contribution in [0, 0.1) is 11.7 Å². The monoisotopic (exact) mass is 371 g/mol. The first-order chi connectivity index (χ1) is 12.6. The van der Waals surface area contributed by atoms with E-state index in [1.807, 2.05) is 13.0 Å². The minimum Gasteiger partial charge on any atom is -0.343 e. The molecule has 2 aromatic rings. The third-order valence-corrected chi connectivity index (χ3v) is 5.54. The summed E-state index contributed by atoms with van der Waals surface area (Å²) < 4.78 is 13.4. The minimum absolute atomic E-state index is 0.0846. The molecule has 2 atom stereocenters. The maximum Gasteiger partial charge on any atom is 0.257 e. The summed E-state index contributed by atoms with van der Waals surface area (Å²) in [5.41, 5.74) is 1.71. The highest BCUT2D eigenvalue weighted by Crippen LogP contribution is 2.44. The van der Waals surface area contributed by atoms with Crippen LogP contribution in [0.1, 0.15) is 36.8 Å². The summed E-state index contributed by atoms with van der Waals surface area (Å²) in [6, 6.07) is 6.00. The van der Waals surface area contributed by atoms with Crippen molar-refractivity contribution in [2.75, 3.05) is 11.1 Å². The van der Waals surface area contributed by atoms with Gasteiger partial charge in [-0.05, 0) is 29.9 Å². The summed E-state index contributed by atoms with van der Waals surface area (Å²) >= 11 is 1.45. The number of Topliss-reactive ketones (excluding diaryl/α,β-unsaturated/α-hetero) is 1. The molecule has 0 amide bonds. The first kappa shape index (κ1) is 17.0. The Morgan fingerprint density at radius 3 is 2.73 bits per heavy atom. The number of hydrogen-bond acceptors (Lipinski definition) is 5. The van der Waals surface area contributed by atoms with Crippen LogP contribution in [-0.4, -0.2) is 21.5 Å². The van der Waals surface area contributed by atoms with Gasteiger partial charge in [0.15, 0.2) is 5.16 Å². The van der Waals surface area contributed by atoms with E-state index in [0.717, 1.165) is 17.0 Å². The lowest BCUT2D eigenvalue weighted by Crippen LogP contribution is -2.38. The van der Waals surface area contributed by atoms with Crippen LogP contribution < -0.4 is 10.9 Å². The molecule has 2 N–H and O–H groups in total. The van der Waals surface area contributed by atoms with Crippen LogP contribution in [0.25, 0.3) is 0 Å². The molecule has 1 aliphatic carbocycles.